The van der Waals surface area contributed by atoms with E-state index >= 15 is 0 Å². The molecule has 6 atom stereocenters. The maximum atomic E-state index is 11.9. The van der Waals surface area contributed by atoms with Gasteiger partial charge in [0.05, 0.1) is 12.2 Å². The number of aliphatic hydroxyl groups excluding tert-OH is 2. The molecule has 166 valence electrons. The van der Waals surface area contributed by atoms with Crippen LogP contribution in [0.4, 0.5) is 0 Å². The Morgan fingerprint density at radius 3 is 2.24 bits per heavy atom. The topological polar surface area (TPSA) is 258 Å². The molecule has 1 aliphatic heterocycles. The summed E-state index contributed by atoms with van der Waals surface area (Å²) in [5.74, 6) is 0. The van der Waals surface area contributed by atoms with Crippen LogP contribution in [0.15, 0.2) is 11.0 Å². The van der Waals surface area contributed by atoms with E-state index in [2.05, 4.69) is 23.1 Å². The van der Waals surface area contributed by atoms with E-state index in [1.807, 2.05) is 0 Å². The minimum atomic E-state index is -5.71. The van der Waals surface area contributed by atoms with E-state index in [1.165, 1.54) is 0 Å². The van der Waals surface area contributed by atoms with E-state index in [0.717, 1.165) is 6.20 Å². The highest BCUT2D eigenvalue weighted by Crippen LogP contribution is 2.66. The largest absolute Gasteiger partial charge is 0.490 e. The molecule has 0 spiro atoms. The van der Waals surface area contributed by atoms with Crippen molar-refractivity contribution >= 4 is 35.7 Å². The molecule has 1 fully saturated rings. The first-order valence-corrected chi connectivity index (χ1v) is 12.1. The van der Waals surface area contributed by atoms with Crippen LogP contribution in [-0.4, -0.2) is 64.7 Å². The van der Waals surface area contributed by atoms with Gasteiger partial charge in [0.1, 0.15) is 24.4 Å². The van der Waals surface area contributed by atoms with E-state index < -0.39 is 60.1 Å². The molecule has 0 radical (unpaired) electrons. The van der Waals surface area contributed by atoms with Crippen LogP contribution in [0.5, 0.6) is 0 Å². The van der Waals surface area contributed by atoms with Crippen molar-refractivity contribution in [1.29, 1.82) is 0 Å². The summed E-state index contributed by atoms with van der Waals surface area (Å²) in [6.45, 7) is -1.00. The number of phosphoric ester groups is 1. The maximum Gasteiger partial charge on any atom is 0.490 e. The third-order valence-corrected chi connectivity index (χ3v) is 7.36. The molecule has 1 aliphatic rings. The fourth-order valence-electron chi connectivity index (χ4n) is 2.25. The highest BCUT2D eigenvalue weighted by atomic mass is 32.1. The monoisotopic (exact) mass is 500 g/mol. The fraction of sp³-hybridized carbons (Fsp3) is 0.556. The summed E-state index contributed by atoms with van der Waals surface area (Å²) < 4.78 is 50.1. The van der Waals surface area contributed by atoms with Gasteiger partial charge in [-0.2, -0.15) is 8.62 Å². The van der Waals surface area contributed by atoms with E-state index in [-0.39, 0.29) is 10.3 Å². The molecule has 8 N–H and O–H groups in total. The Kier molecular flexibility index (Phi) is 7.54. The number of rotatable bonds is 8. The Morgan fingerprint density at radius 1 is 1.07 bits per heavy atom. The van der Waals surface area contributed by atoms with Crippen LogP contribution in [0.2, 0.25) is 0 Å². The average molecular weight is 500 g/mol. The lowest BCUT2D eigenvalue weighted by Gasteiger charge is -2.19. The second-order valence-electron chi connectivity index (χ2n) is 5.49. The third-order valence-electron chi connectivity index (χ3n) is 3.33. The molecule has 0 aromatic carbocycles. The van der Waals surface area contributed by atoms with Gasteiger partial charge in [-0.15, -0.1) is 0 Å². The van der Waals surface area contributed by atoms with Crippen LogP contribution < -0.4 is 5.56 Å². The molecule has 2 heterocycles. The van der Waals surface area contributed by atoms with Crippen molar-refractivity contribution in [2.75, 3.05) is 6.61 Å². The van der Waals surface area contributed by atoms with Crippen molar-refractivity contribution in [3.63, 3.8) is 0 Å². The third kappa shape index (κ3) is 6.95. The number of H-pyrrole nitrogens is 2. The Morgan fingerprint density at radius 2 is 1.69 bits per heavy atom. The Bertz CT molecular complexity index is 1000. The Balaban J connectivity index is 2.06. The van der Waals surface area contributed by atoms with E-state index in [9.17, 15) is 33.6 Å². The van der Waals surface area contributed by atoms with Gasteiger partial charge >= 0.3 is 23.5 Å². The summed E-state index contributed by atoms with van der Waals surface area (Å²) >= 11 is 4.71. The summed E-state index contributed by atoms with van der Waals surface area (Å²) in [4.78, 5) is 51.9. The molecular formula is C9H15N2O14P3S. The number of aromatic nitrogens is 2. The summed E-state index contributed by atoms with van der Waals surface area (Å²) in [6.07, 6.45) is -5.19. The van der Waals surface area contributed by atoms with Gasteiger partial charge in [-0.3, -0.25) is 14.3 Å². The molecular weight excluding hydrogens is 485 g/mol. The van der Waals surface area contributed by atoms with Crippen molar-refractivity contribution in [1.82, 2.24) is 9.97 Å². The fourth-order valence-corrected chi connectivity index (χ4v) is 5.43. The van der Waals surface area contributed by atoms with Crippen molar-refractivity contribution in [2.24, 2.45) is 0 Å². The lowest BCUT2D eigenvalue weighted by molar-refractivity contribution is -0.0227. The van der Waals surface area contributed by atoms with Crippen molar-refractivity contribution in [2.45, 2.75) is 24.4 Å². The highest BCUT2D eigenvalue weighted by Gasteiger charge is 2.46. The standard InChI is InChI=1S/C9H15N2O14P3S/c12-5-4(2-22-27(18,19)25-28(20,21)24-26(15,16)17)23-7(6(5)13)3-1-10-9(29)11-8(3)14/h1,4-7,12-13H,2H2,(H,18,19)(H,20,21)(H2,15,16,17)(H2,10,11,14,29)/t4-,5-,6-,7+/m1/s1. The molecule has 1 aromatic rings. The second-order valence-corrected chi connectivity index (χ2v) is 10.3. The number of aliphatic hydroxyl groups is 2. The summed E-state index contributed by atoms with van der Waals surface area (Å²) in [6, 6.07) is 0. The van der Waals surface area contributed by atoms with Crippen LogP contribution in [0.25, 0.3) is 0 Å². The van der Waals surface area contributed by atoms with Crippen LogP contribution in [0.3, 0.4) is 0 Å². The molecule has 16 nitrogen and oxygen atoms in total. The SMILES string of the molecule is O=c1[nH]c(=S)[nH]cc1[C@@H]1O[C@H](COP(=O)(O)OP(=O)(O)OP(=O)(O)O)[C@@H](O)[C@H]1O. The van der Waals surface area contributed by atoms with Gasteiger partial charge in [0, 0.05) is 6.20 Å². The van der Waals surface area contributed by atoms with Crippen molar-refractivity contribution in [3.8, 4) is 0 Å². The summed E-state index contributed by atoms with van der Waals surface area (Å²) in [5.41, 5.74) is -0.899. The van der Waals surface area contributed by atoms with Crippen LogP contribution >= 0.6 is 35.7 Å². The zero-order valence-electron chi connectivity index (χ0n) is 13.8. The van der Waals surface area contributed by atoms with Crippen molar-refractivity contribution in [3.05, 3.63) is 26.9 Å². The first-order chi connectivity index (χ1) is 13.1. The minimum absolute atomic E-state index is 0.0176. The van der Waals surface area contributed by atoms with Gasteiger partial charge in [0.25, 0.3) is 5.56 Å². The molecule has 0 aliphatic carbocycles. The molecule has 29 heavy (non-hydrogen) atoms. The van der Waals surface area contributed by atoms with Crippen LogP contribution in [-0.2, 0) is 31.6 Å². The number of aromatic amines is 2. The molecule has 2 rings (SSSR count). The molecule has 0 saturated carbocycles. The molecule has 0 bridgehead atoms. The maximum absolute atomic E-state index is 11.9. The second kappa shape index (κ2) is 8.86. The number of nitrogens with one attached hydrogen (secondary N) is 2. The molecule has 2 unspecified atom stereocenters. The number of ether oxygens (including phenoxy) is 1. The van der Waals surface area contributed by atoms with Crippen LogP contribution in [0.1, 0.15) is 11.7 Å². The summed E-state index contributed by atoms with van der Waals surface area (Å²) in [5, 5.41) is 20.0. The smallest absolute Gasteiger partial charge is 0.387 e. The quantitative estimate of drug-likeness (QED) is 0.156. The minimum Gasteiger partial charge on any atom is -0.387 e. The summed E-state index contributed by atoms with van der Waals surface area (Å²) in [7, 11) is -16.7. The predicted octanol–water partition coefficient (Wildman–Crippen LogP) is -1.06. The van der Waals surface area contributed by atoms with E-state index in [4.69, 9.17) is 31.6 Å². The molecule has 0 amide bonds. The Hall–Kier alpha value is -0.610. The first kappa shape index (κ1) is 24.7. The first-order valence-electron chi connectivity index (χ1n) is 7.22. The normalized spacial score (nSPS) is 29.3. The van der Waals surface area contributed by atoms with Gasteiger partial charge in [0.2, 0.25) is 0 Å². The zero-order valence-corrected chi connectivity index (χ0v) is 17.3. The van der Waals surface area contributed by atoms with E-state index in [1.54, 1.807) is 0 Å². The lowest BCUT2D eigenvalue weighted by atomic mass is 10.0. The molecule has 1 saturated heterocycles. The van der Waals surface area contributed by atoms with Crippen LogP contribution in [0, 0.1) is 4.77 Å². The number of phosphoric acid groups is 3. The van der Waals surface area contributed by atoms with E-state index in [0.29, 0.717) is 0 Å². The zero-order chi connectivity index (χ0) is 22.2. The van der Waals surface area contributed by atoms with Gasteiger partial charge < -0.3 is 39.5 Å². The molecule has 20 heteroatoms. The lowest BCUT2D eigenvalue weighted by Crippen LogP contribution is -2.33. The highest BCUT2D eigenvalue weighted by molar-refractivity contribution is 7.71. The average Bonchev–Trinajstić information content (AvgIpc) is 2.78. The predicted molar refractivity (Wildman–Crippen MR) is 91.7 cm³/mol. The van der Waals surface area contributed by atoms with Gasteiger partial charge in [-0.1, -0.05) is 0 Å². The molecule has 1 aromatic heterocycles. The number of hydrogen-bond acceptors (Lipinski definition) is 11. The number of hydrogen-bond donors (Lipinski definition) is 8. The van der Waals surface area contributed by atoms with Gasteiger partial charge in [0.15, 0.2) is 4.77 Å². The Labute approximate surface area is 165 Å². The van der Waals surface area contributed by atoms with Gasteiger partial charge in [-0.05, 0) is 12.2 Å². The van der Waals surface area contributed by atoms with Gasteiger partial charge in [-0.25, -0.2) is 13.7 Å². The van der Waals surface area contributed by atoms with Crippen molar-refractivity contribution < 1.29 is 61.4 Å².